The van der Waals surface area contributed by atoms with Gasteiger partial charge in [-0.3, -0.25) is 14.4 Å². The van der Waals surface area contributed by atoms with Gasteiger partial charge in [0.05, 0.1) is 12.1 Å². The van der Waals surface area contributed by atoms with Gasteiger partial charge in [0.15, 0.2) is 5.13 Å². The quantitative estimate of drug-likeness (QED) is 0.453. The number of carbonyl (C=O) groups is 3. The third-order valence-electron chi connectivity index (χ3n) is 6.41. The number of nitrogens with one attached hydrogen (secondary N) is 2. The molecule has 2 saturated carbocycles. The van der Waals surface area contributed by atoms with E-state index in [2.05, 4.69) is 15.6 Å². The molecule has 0 saturated heterocycles. The molecule has 0 unspecified atom stereocenters. The van der Waals surface area contributed by atoms with Crippen LogP contribution in [-0.2, 0) is 27.2 Å². The first-order valence-corrected chi connectivity index (χ1v) is 13.8. The maximum absolute atomic E-state index is 13.0. The predicted molar refractivity (Wildman–Crippen MR) is 139 cm³/mol. The lowest BCUT2D eigenvalue weighted by Crippen LogP contribution is -2.43. The van der Waals surface area contributed by atoms with Gasteiger partial charge in [-0.15, -0.1) is 11.3 Å². The van der Waals surface area contributed by atoms with Crippen LogP contribution < -0.4 is 10.6 Å². The van der Waals surface area contributed by atoms with Gasteiger partial charge >= 0.3 is 0 Å². The van der Waals surface area contributed by atoms with E-state index in [4.69, 9.17) is 23.2 Å². The zero-order chi connectivity index (χ0) is 24.8. The first-order chi connectivity index (χ1) is 16.9. The Morgan fingerprint density at radius 2 is 1.83 bits per heavy atom. The number of hydrogen-bond donors (Lipinski definition) is 2. The first kappa shape index (κ1) is 25.9. The van der Waals surface area contributed by atoms with Crippen LogP contribution in [-0.4, -0.2) is 46.7 Å². The molecule has 2 aliphatic carbocycles. The van der Waals surface area contributed by atoms with E-state index < -0.39 is 0 Å². The van der Waals surface area contributed by atoms with Crippen molar-refractivity contribution in [3.05, 3.63) is 44.9 Å². The molecule has 0 aliphatic heterocycles. The van der Waals surface area contributed by atoms with Crippen molar-refractivity contribution in [2.24, 2.45) is 5.92 Å². The summed E-state index contributed by atoms with van der Waals surface area (Å²) in [5.41, 5.74) is 1.50. The van der Waals surface area contributed by atoms with Gasteiger partial charge in [-0.2, -0.15) is 0 Å². The minimum absolute atomic E-state index is 0.0536. The second-order valence-corrected chi connectivity index (χ2v) is 10.9. The molecule has 7 nitrogen and oxygen atoms in total. The number of carbonyl (C=O) groups excluding carboxylic acids is 3. The summed E-state index contributed by atoms with van der Waals surface area (Å²) < 4.78 is 0. The van der Waals surface area contributed by atoms with Gasteiger partial charge in [0, 0.05) is 33.9 Å². The van der Waals surface area contributed by atoms with Crippen molar-refractivity contribution >= 4 is 57.4 Å². The highest BCUT2D eigenvalue weighted by molar-refractivity contribution is 7.13. The fourth-order valence-electron chi connectivity index (χ4n) is 4.40. The number of nitrogens with zero attached hydrogens (tertiary/aromatic N) is 2. The molecule has 4 rings (SSSR count). The van der Waals surface area contributed by atoms with E-state index in [1.807, 2.05) is 6.07 Å². The fourth-order valence-corrected chi connectivity index (χ4v) is 5.63. The molecule has 10 heteroatoms. The number of rotatable bonds is 10. The fraction of sp³-hybridized carbons (Fsp3) is 0.520. The van der Waals surface area contributed by atoms with Gasteiger partial charge in [-0.1, -0.05) is 48.5 Å². The number of hydrogen-bond acceptors (Lipinski definition) is 5. The predicted octanol–water partition coefficient (Wildman–Crippen LogP) is 4.86. The molecule has 2 aliphatic rings. The number of anilines is 1. The lowest BCUT2D eigenvalue weighted by atomic mass is 9.88. The van der Waals surface area contributed by atoms with Crippen molar-refractivity contribution in [2.75, 3.05) is 18.4 Å². The van der Waals surface area contributed by atoms with Gasteiger partial charge in [0.25, 0.3) is 0 Å². The van der Waals surface area contributed by atoms with Gasteiger partial charge in [0.1, 0.15) is 6.54 Å². The Bertz CT molecular complexity index is 1070. The van der Waals surface area contributed by atoms with Crippen LogP contribution in [0.25, 0.3) is 0 Å². The zero-order valence-electron chi connectivity index (χ0n) is 19.5. The van der Waals surface area contributed by atoms with E-state index in [1.165, 1.54) is 17.8 Å². The smallest absolute Gasteiger partial charge is 0.245 e. The maximum atomic E-state index is 13.0. The Hall–Kier alpha value is -2.16. The maximum Gasteiger partial charge on any atom is 0.245 e. The van der Waals surface area contributed by atoms with Crippen LogP contribution in [0.2, 0.25) is 10.0 Å². The van der Waals surface area contributed by atoms with Gasteiger partial charge < -0.3 is 15.5 Å². The second kappa shape index (κ2) is 12.2. The molecule has 0 atom stereocenters. The van der Waals surface area contributed by atoms with Crippen LogP contribution in [0.4, 0.5) is 5.13 Å². The van der Waals surface area contributed by atoms with Crippen LogP contribution in [0, 0.1) is 5.92 Å². The number of aromatic nitrogens is 1. The molecule has 2 fully saturated rings. The number of halogens is 2. The van der Waals surface area contributed by atoms with Crippen LogP contribution >= 0.6 is 34.5 Å². The summed E-state index contributed by atoms with van der Waals surface area (Å²) in [6.07, 6.45) is 7.86. The first-order valence-electron chi connectivity index (χ1n) is 12.1. The summed E-state index contributed by atoms with van der Waals surface area (Å²) in [5, 5.41) is 9.01. The monoisotopic (exact) mass is 536 g/mol. The van der Waals surface area contributed by atoms with E-state index >= 15 is 0 Å². The minimum Gasteiger partial charge on any atom is -0.355 e. The van der Waals surface area contributed by atoms with Crippen LogP contribution in [0.15, 0.2) is 23.6 Å². The van der Waals surface area contributed by atoms with Crippen molar-refractivity contribution in [3.8, 4) is 0 Å². The molecule has 1 aromatic heterocycles. The van der Waals surface area contributed by atoms with Crippen molar-refractivity contribution in [1.29, 1.82) is 0 Å². The van der Waals surface area contributed by atoms with Crippen LogP contribution in [0.3, 0.4) is 0 Å². The molecule has 1 heterocycles. The Labute approximate surface area is 219 Å². The summed E-state index contributed by atoms with van der Waals surface area (Å²) in [5.74, 6) is -0.223. The molecule has 1 aromatic carbocycles. The molecule has 0 bridgehead atoms. The minimum atomic E-state index is -0.244. The van der Waals surface area contributed by atoms with Gasteiger partial charge in [-0.05, 0) is 49.8 Å². The van der Waals surface area contributed by atoms with E-state index in [0.29, 0.717) is 33.8 Å². The third kappa shape index (κ3) is 7.66. The topological polar surface area (TPSA) is 91.4 Å². The standard InChI is InChI=1S/C25H30Cl2N4O3S/c26-18-7-6-16(21(27)12-18)10-11-28-22(32)13-19-15-35-25(29-19)30-23(33)14-31(20-8-9-20)24(34)17-4-2-1-3-5-17/h6-7,12,15,17,20H,1-5,8-11,13-14H2,(H,28,32)(H,29,30,33). The normalized spacial score (nSPS) is 16.1. The van der Waals surface area contributed by atoms with Crippen molar-refractivity contribution in [2.45, 2.75) is 63.8 Å². The Kier molecular flexibility index (Phi) is 9.03. The molecule has 3 amide bonds. The molecular weight excluding hydrogens is 507 g/mol. The van der Waals surface area contributed by atoms with E-state index in [0.717, 1.165) is 44.1 Å². The van der Waals surface area contributed by atoms with Crippen LogP contribution in [0.5, 0.6) is 0 Å². The van der Waals surface area contributed by atoms with Crippen molar-refractivity contribution < 1.29 is 14.4 Å². The summed E-state index contributed by atoms with van der Waals surface area (Å²) in [6.45, 7) is 0.503. The SMILES string of the molecule is O=C(Cc1csc(NC(=O)CN(C(=O)C2CCCCC2)C2CC2)n1)NCCc1ccc(Cl)cc1Cl. The number of thiazole rings is 1. The molecule has 2 N–H and O–H groups in total. The highest BCUT2D eigenvalue weighted by Gasteiger charge is 2.37. The van der Waals surface area contributed by atoms with Gasteiger partial charge in [-0.25, -0.2) is 4.98 Å². The van der Waals surface area contributed by atoms with E-state index in [9.17, 15) is 14.4 Å². The third-order valence-corrected chi connectivity index (χ3v) is 7.80. The molecule has 35 heavy (non-hydrogen) atoms. The molecule has 0 radical (unpaired) electrons. The van der Waals surface area contributed by atoms with E-state index in [-0.39, 0.29) is 42.6 Å². The number of amides is 3. The highest BCUT2D eigenvalue weighted by Crippen LogP contribution is 2.32. The number of benzene rings is 1. The highest BCUT2D eigenvalue weighted by atomic mass is 35.5. The van der Waals surface area contributed by atoms with Crippen molar-refractivity contribution in [3.63, 3.8) is 0 Å². The summed E-state index contributed by atoms with van der Waals surface area (Å²) in [7, 11) is 0. The average Bonchev–Trinajstić information content (AvgIpc) is 3.59. The summed E-state index contributed by atoms with van der Waals surface area (Å²) in [6, 6.07) is 5.49. The Morgan fingerprint density at radius 1 is 1.06 bits per heavy atom. The Morgan fingerprint density at radius 3 is 2.54 bits per heavy atom. The largest absolute Gasteiger partial charge is 0.355 e. The average molecular weight is 538 g/mol. The summed E-state index contributed by atoms with van der Waals surface area (Å²) in [4.78, 5) is 44.1. The lowest BCUT2D eigenvalue weighted by Gasteiger charge is -2.28. The second-order valence-electron chi connectivity index (χ2n) is 9.24. The molecule has 0 spiro atoms. The van der Waals surface area contributed by atoms with E-state index in [1.54, 1.807) is 22.4 Å². The van der Waals surface area contributed by atoms with Crippen molar-refractivity contribution in [1.82, 2.24) is 15.2 Å². The molecule has 2 aromatic rings. The zero-order valence-corrected chi connectivity index (χ0v) is 21.9. The molecule has 188 valence electrons. The van der Waals surface area contributed by atoms with Gasteiger partial charge in [0.2, 0.25) is 17.7 Å². The Balaban J connectivity index is 1.22. The van der Waals surface area contributed by atoms with Crippen LogP contribution in [0.1, 0.15) is 56.2 Å². The molecular formula is C25H30Cl2N4O3S. The lowest BCUT2D eigenvalue weighted by molar-refractivity contribution is -0.139. The summed E-state index contributed by atoms with van der Waals surface area (Å²) >= 11 is 13.3.